The van der Waals surface area contributed by atoms with Gasteiger partial charge in [-0.25, -0.2) is 0 Å². The van der Waals surface area contributed by atoms with Gasteiger partial charge in [-0.3, -0.25) is 9.80 Å². The predicted octanol–water partition coefficient (Wildman–Crippen LogP) is 1.54. The molecule has 100 valence electrons. The number of likely N-dealkylation sites (N-methyl/N-ethyl adjacent to an activating group) is 1. The Labute approximate surface area is 107 Å². The lowest BCUT2D eigenvalue weighted by molar-refractivity contribution is 0.0378. The Kier molecular flexibility index (Phi) is 5.26. The van der Waals surface area contributed by atoms with Gasteiger partial charge in [-0.15, -0.1) is 0 Å². The largest absolute Gasteiger partial charge is 0.317 e. The molecule has 1 unspecified atom stereocenters. The normalized spacial score (nSPS) is 29.6. The molecule has 0 spiro atoms. The summed E-state index contributed by atoms with van der Waals surface area (Å²) in [6.45, 7) is 12.2. The molecule has 2 saturated heterocycles. The molecule has 1 atom stereocenters. The van der Waals surface area contributed by atoms with E-state index in [4.69, 9.17) is 0 Å². The minimum absolute atomic E-state index is 0.814. The quantitative estimate of drug-likeness (QED) is 0.803. The summed E-state index contributed by atoms with van der Waals surface area (Å²) in [5, 5.41) is 3.47. The van der Waals surface area contributed by atoms with Crippen LogP contribution in [-0.4, -0.2) is 61.2 Å². The van der Waals surface area contributed by atoms with Crippen LogP contribution in [-0.2, 0) is 0 Å². The summed E-state index contributed by atoms with van der Waals surface area (Å²) in [4.78, 5) is 5.45. The fraction of sp³-hybridized carbons (Fsp3) is 1.00. The third-order valence-corrected chi connectivity index (χ3v) is 4.49. The van der Waals surface area contributed by atoms with Gasteiger partial charge >= 0.3 is 0 Å². The van der Waals surface area contributed by atoms with Gasteiger partial charge in [-0.1, -0.05) is 20.3 Å². The summed E-state index contributed by atoms with van der Waals surface area (Å²) in [5.41, 5.74) is 0. The van der Waals surface area contributed by atoms with Crippen LogP contribution in [0.15, 0.2) is 0 Å². The number of piperazine rings is 1. The van der Waals surface area contributed by atoms with Crippen LogP contribution in [0.5, 0.6) is 0 Å². The lowest BCUT2D eigenvalue weighted by Crippen LogP contribution is -2.57. The molecule has 0 saturated carbocycles. The molecular formula is C14H29N3. The van der Waals surface area contributed by atoms with Crippen molar-refractivity contribution in [1.29, 1.82) is 0 Å². The predicted molar refractivity (Wildman–Crippen MR) is 73.4 cm³/mol. The first-order valence-electron chi connectivity index (χ1n) is 7.54. The Morgan fingerprint density at radius 2 is 1.88 bits per heavy atom. The van der Waals surface area contributed by atoms with Gasteiger partial charge in [0.15, 0.2) is 0 Å². The van der Waals surface area contributed by atoms with E-state index in [1.807, 2.05) is 0 Å². The first-order chi connectivity index (χ1) is 8.35. The standard InChI is InChI=1S/C14H29N3/c1-3-5-14-12-17(11-10-16(14)4-2)13-6-8-15-9-7-13/h13-15H,3-12H2,1-2H3. The Balaban J connectivity index is 1.88. The van der Waals surface area contributed by atoms with Crippen molar-refractivity contribution in [2.75, 3.05) is 39.3 Å². The van der Waals surface area contributed by atoms with E-state index in [0.717, 1.165) is 12.1 Å². The SMILES string of the molecule is CCCC1CN(C2CCNCC2)CCN1CC. The number of nitrogens with one attached hydrogen (secondary N) is 1. The molecule has 0 amide bonds. The van der Waals surface area contributed by atoms with Gasteiger partial charge in [0, 0.05) is 31.7 Å². The summed E-state index contributed by atoms with van der Waals surface area (Å²) in [7, 11) is 0. The fourth-order valence-electron chi connectivity index (χ4n) is 3.44. The van der Waals surface area contributed by atoms with Crippen molar-refractivity contribution in [3.63, 3.8) is 0 Å². The zero-order valence-electron chi connectivity index (χ0n) is 11.6. The van der Waals surface area contributed by atoms with Crippen molar-refractivity contribution in [2.45, 2.75) is 51.6 Å². The Bertz CT molecular complexity index is 214. The summed E-state index contributed by atoms with van der Waals surface area (Å²) >= 11 is 0. The van der Waals surface area contributed by atoms with E-state index in [1.165, 1.54) is 65.0 Å². The van der Waals surface area contributed by atoms with E-state index in [9.17, 15) is 0 Å². The Morgan fingerprint density at radius 1 is 1.12 bits per heavy atom. The van der Waals surface area contributed by atoms with Crippen LogP contribution in [0.4, 0.5) is 0 Å². The molecule has 0 bridgehead atoms. The average Bonchev–Trinajstić information content (AvgIpc) is 2.40. The minimum Gasteiger partial charge on any atom is -0.317 e. The molecule has 3 heteroatoms. The van der Waals surface area contributed by atoms with Crippen molar-refractivity contribution in [2.24, 2.45) is 0 Å². The highest BCUT2D eigenvalue weighted by molar-refractivity contribution is 4.87. The van der Waals surface area contributed by atoms with E-state index >= 15 is 0 Å². The van der Waals surface area contributed by atoms with Gasteiger partial charge in [-0.2, -0.15) is 0 Å². The highest BCUT2D eigenvalue weighted by Crippen LogP contribution is 2.20. The number of nitrogens with zero attached hydrogens (tertiary/aromatic N) is 2. The molecule has 2 rings (SSSR count). The zero-order chi connectivity index (χ0) is 12.1. The third kappa shape index (κ3) is 3.43. The molecule has 0 aromatic heterocycles. The highest BCUT2D eigenvalue weighted by Gasteiger charge is 2.29. The molecule has 0 aliphatic carbocycles. The molecule has 2 aliphatic rings. The lowest BCUT2D eigenvalue weighted by Gasteiger charge is -2.45. The summed E-state index contributed by atoms with van der Waals surface area (Å²) in [6, 6.07) is 1.67. The fourth-order valence-corrected chi connectivity index (χ4v) is 3.44. The smallest absolute Gasteiger partial charge is 0.0223 e. The molecule has 0 radical (unpaired) electrons. The van der Waals surface area contributed by atoms with Crippen LogP contribution >= 0.6 is 0 Å². The van der Waals surface area contributed by atoms with Crippen LogP contribution in [0.1, 0.15) is 39.5 Å². The molecule has 2 fully saturated rings. The maximum absolute atomic E-state index is 3.47. The number of rotatable bonds is 4. The van der Waals surface area contributed by atoms with Crippen molar-refractivity contribution < 1.29 is 0 Å². The van der Waals surface area contributed by atoms with Crippen LogP contribution in [0.3, 0.4) is 0 Å². The van der Waals surface area contributed by atoms with E-state index in [-0.39, 0.29) is 0 Å². The first-order valence-corrected chi connectivity index (χ1v) is 7.54. The average molecular weight is 239 g/mol. The second-order valence-corrected chi connectivity index (χ2v) is 5.55. The molecule has 17 heavy (non-hydrogen) atoms. The third-order valence-electron chi connectivity index (χ3n) is 4.49. The van der Waals surface area contributed by atoms with Crippen LogP contribution < -0.4 is 5.32 Å². The van der Waals surface area contributed by atoms with E-state index in [1.54, 1.807) is 0 Å². The second-order valence-electron chi connectivity index (χ2n) is 5.55. The molecule has 2 heterocycles. The monoisotopic (exact) mass is 239 g/mol. The maximum atomic E-state index is 3.47. The molecule has 2 aliphatic heterocycles. The minimum atomic E-state index is 0.814. The lowest BCUT2D eigenvalue weighted by atomic mass is 10.00. The number of hydrogen-bond donors (Lipinski definition) is 1. The van der Waals surface area contributed by atoms with Gasteiger partial charge in [0.2, 0.25) is 0 Å². The highest BCUT2D eigenvalue weighted by atomic mass is 15.3. The number of piperidine rings is 1. The Hall–Kier alpha value is -0.120. The van der Waals surface area contributed by atoms with Crippen molar-refractivity contribution in [1.82, 2.24) is 15.1 Å². The Morgan fingerprint density at radius 3 is 2.53 bits per heavy atom. The van der Waals surface area contributed by atoms with Gasteiger partial charge < -0.3 is 5.32 Å². The van der Waals surface area contributed by atoms with Crippen molar-refractivity contribution >= 4 is 0 Å². The summed E-state index contributed by atoms with van der Waals surface area (Å²) in [5.74, 6) is 0. The molecule has 3 nitrogen and oxygen atoms in total. The zero-order valence-corrected chi connectivity index (χ0v) is 11.6. The van der Waals surface area contributed by atoms with Gasteiger partial charge in [0.1, 0.15) is 0 Å². The van der Waals surface area contributed by atoms with Gasteiger partial charge in [-0.05, 0) is 38.9 Å². The van der Waals surface area contributed by atoms with Crippen LogP contribution in [0, 0.1) is 0 Å². The van der Waals surface area contributed by atoms with Gasteiger partial charge in [0.05, 0.1) is 0 Å². The molecule has 0 aromatic carbocycles. The van der Waals surface area contributed by atoms with Crippen LogP contribution in [0.25, 0.3) is 0 Å². The van der Waals surface area contributed by atoms with Crippen LogP contribution in [0.2, 0.25) is 0 Å². The van der Waals surface area contributed by atoms with E-state index in [2.05, 4.69) is 29.0 Å². The topological polar surface area (TPSA) is 18.5 Å². The van der Waals surface area contributed by atoms with Crippen molar-refractivity contribution in [3.05, 3.63) is 0 Å². The van der Waals surface area contributed by atoms with E-state index < -0.39 is 0 Å². The van der Waals surface area contributed by atoms with Crippen molar-refractivity contribution in [3.8, 4) is 0 Å². The second kappa shape index (κ2) is 6.72. The maximum Gasteiger partial charge on any atom is 0.0223 e. The molecule has 1 N–H and O–H groups in total. The first kappa shape index (κ1) is 13.3. The molecule has 0 aromatic rings. The summed E-state index contributed by atoms with van der Waals surface area (Å²) in [6.07, 6.45) is 5.40. The molecular weight excluding hydrogens is 210 g/mol. The van der Waals surface area contributed by atoms with Gasteiger partial charge in [0.25, 0.3) is 0 Å². The van der Waals surface area contributed by atoms with E-state index in [0.29, 0.717) is 0 Å². The number of hydrogen-bond acceptors (Lipinski definition) is 3. The summed E-state index contributed by atoms with van der Waals surface area (Å²) < 4.78 is 0.